The van der Waals surface area contributed by atoms with E-state index in [-0.39, 0.29) is 17.4 Å². The van der Waals surface area contributed by atoms with Crippen LogP contribution >= 0.6 is 11.5 Å². The number of aliphatic hydroxyl groups is 1. The molecule has 4 heteroatoms. The maximum atomic E-state index is 9.79. The van der Waals surface area contributed by atoms with Crippen LogP contribution in [0.3, 0.4) is 0 Å². The van der Waals surface area contributed by atoms with Crippen LogP contribution in [0, 0.1) is 5.92 Å². The maximum Gasteiger partial charge on any atom is 0.147 e. The van der Waals surface area contributed by atoms with Crippen molar-refractivity contribution in [3.05, 3.63) is 10.8 Å². The molecule has 92 valence electrons. The van der Waals surface area contributed by atoms with E-state index < -0.39 is 0 Å². The fraction of sp³-hybridized carbons (Fsp3) is 0.833. The summed E-state index contributed by atoms with van der Waals surface area (Å²) in [5.41, 5.74) is -0.0189. The van der Waals surface area contributed by atoms with Crippen LogP contribution in [-0.2, 0) is 5.41 Å². The van der Waals surface area contributed by atoms with E-state index >= 15 is 0 Å². The van der Waals surface area contributed by atoms with Gasteiger partial charge >= 0.3 is 0 Å². The molecule has 0 aliphatic rings. The van der Waals surface area contributed by atoms with Gasteiger partial charge in [0, 0.05) is 11.3 Å². The molecule has 0 bridgehead atoms. The number of hydrogen-bond acceptors (Lipinski definition) is 4. The first-order valence-electron chi connectivity index (χ1n) is 5.75. The fourth-order valence-electron chi connectivity index (χ4n) is 1.72. The molecule has 2 unspecified atom stereocenters. The topological polar surface area (TPSA) is 46.0 Å². The first-order chi connectivity index (χ1) is 7.23. The Balaban J connectivity index is 3.00. The molecule has 0 aliphatic heterocycles. The zero-order chi connectivity index (χ0) is 12.5. The largest absolute Gasteiger partial charge is 0.393 e. The molecule has 0 fully saturated rings. The standard InChI is InChI=1S/C12H22N2OS/c1-7(2)9(8(3)15)10-13-11(14-16-10)12(4,5)6/h7-9,15H,1-6H3. The van der Waals surface area contributed by atoms with Crippen LogP contribution in [0.5, 0.6) is 0 Å². The maximum absolute atomic E-state index is 9.79. The summed E-state index contributed by atoms with van der Waals surface area (Å²) in [6.45, 7) is 12.3. The van der Waals surface area contributed by atoms with Gasteiger partial charge in [0.1, 0.15) is 10.8 Å². The van der Waals surface area contributed by atoms with Gasteiger partial charge in [-0.25, -0.2) is 4.98 Å². The zero-order valence-corrected chi connectivity index (χ0v) is 11.8. The van der Waals surface area contributed by atoms with Crippen molar-refractivity contribution in [3.63, 3.8) is 0 Å². The lowest BCUT2D eigenvalue weighted by atomic mass is 9.91. The summed E-state index contributed by atoms with van der Waals surface area (Å²) in [7, 11) is 0. The molecule has 0 aromatic carbocycles. The molecule has 0 amide bonds. The van der Waals surface area contributed by atoms with E-state index in [9.17, 15) is 5.11 Å². The first kappa shape index (κ1) is 13.6. The van der Waals surface area contributed by atoms with E-state index in [1.54, 1.807) is 0 Å². The lowest BCUT2D eigenvalue weighted by Crippen LogP contribution is -2.20. The quantitative estimate of drug-likeness (QED) is 0.886. The van der Waals surface area contributed by atoms with Gasteiger partial charge in [0.2, 0.25) is 0 Å². The smallest absolute Gasteiger partial charge is 0.147 e. The molecule has 16 heavy (non-hydrogen) atoms. The Labute approximate surface area is 102 Å². The third-order valence-corrected chi connectivity index (χ3v) is 3.45. The van der Waals surface area contributed by atoms with E-state index in [4.69, 9.17) is 0 Å². The van der Waals surface area contributed by atoms with Crippen molar-refractivity contribution < 1.29 is 5.11 Å². The number of aromatic nitrogens is 2. The monoisotopic (exact) mass is 242 g/mol. The number of hydrogen-bond donors (Lipinski definition) is 1. The van der Waals surface area contributed by atoms with E-state index in [1.165, 1.54) is 11.5 Å². The minimum absolute atomic E-state index is 0.0189. The third kappa shape index (κ3) is 3.01. The van der Waals surface area contributed by atoms with Crippen LogP contribution in [0.15, 0.2) is 0 Å². The predicted octanol–water partition coefficient (Wildman–Crippen LogP) is 2.96. The van der Waals surface area contributed by atoms with Gasteiger partial charge in [0.05, 0.1) is 6.10 Å². The zero-order valence-electron chi connectivity index (χ0n) is 11.0. The number of aliphatic hydroxyl groups excluding tert-OH is 1. The van der Waals surface area contributed by atoms with Gasteiger partial charge in [-0.2, -0.15) is 4.37 Å². The summed E-state index contributed by atoms with van der Waals surface area (Å²) in [6, 6.07) is 0. The highest BCUT2D eigenvalue weighted by atomic mass is 32.1. The summed E-state index contributed by atoms with van der Waals surface area (Å²) < 4.78 is 4.39. The second kappa shape index (κ2) is 4.80. The molecule has 1 aromatic rings. The molecular formula is C12H22N2OS. The second-order valence-electron chi connectivity index (χ2n) is 5.72. The molecule has 1 rings (SSSR count). The Kier molecular flexibility index (Phi) is 4.07. The van der Waals surface area contributed by atoms with Gasteiger partial charge in [-0.15, -0.1) is 0 Å². The summed E-state index contributed by atoms with van der Waals surface area (Å²) in [4.78, 5) is 4.57. The molecule has 1 aromatic heterocycles. The normalized spacial score (nSPS) is 16.5. The second-order valence-corrected chi connectivity index (χ2v) is 6.50. The Hall–Kier alpha value is -0.480. The first-order valence-corrected chi connectivity index (χ1v) is 6.53. The fourth-order valence-corrected chi connectivity index (χ4v) is 2.94. The molecule has 0 saturated heterocycles. The summed E-state index contributed by atoms with van der Waals surface area (Å²) in [5, 5.41) is 10.7. The summed E-state index contributed by atoms with van der Waals surface area (Å²) >= 11 is 1.42. The molecule has 1 N–H and O–H groups in total. The van der Waals surface area contributed by atoms with Gasteiger partial charge < -0.3 is 5.11 Å². The summed E-state index contributed by atoms with van der Waals surface area (Å²) in [5.74, 6) is 1.34. The van der Waals surface area contributed by atoms with Crippen LogP contribution in [0.2, 0.25) is 0 Å². The average Bonchev–Trinajstić information content (AvgIpc) is 2.50. The SMILES string of the molecule is CC(C)C(c1nc(C(C)(C)C)ns1)C(C)O. The molecule has 0 spiro atoms. The van der Waals surface area contributed by atoms with Crippen molar-refractivity contribution in [1.82, 2.24) is 9.36 Å². The molecule has 0 saturated carbocycles. The van der Waals surface area contributed by atoms with Gasteiger partial charge in [-0.3, -0.25) is 0 Å². The minimum Gasteiger partial charge on any atom is -0.393 e. The number of nitrogens with zero attached hydrogens (tertiary/aromatic N) is 2. The molecule has 3 nitrogen and oxygen atoms in total. The van der Waals surface area contributed by atoms with Crippen molar-refractivity contribution >= 4 is 11.5 Å². The lowest BCUT2D eigenvalue weighted by molar-refractivity contribution is 0.140. The molecule has 0 aliphatic carbocycles. The van der Waals surface area contributed by atoms with E-state index in [1.807, 2.05) is 6.92 Å². The van der Waals surface area contributed by atoms with Crippen molar-refractivity contribution in [3.8, 4) is 0 Å². The molecular weight excluding hydrogens is 220 g/mol. The van der Waals surface area contributed by atoms with E-state index in [0.717, 1.165) is 10.8 Å². The Bertz CT molecular complexity index is 331. The Morgan fingerprint density at radius 1 is 1.19 bits per heavy atom. The number of rotatable bonds is 3. The minimum atomic E-state index is -0.374. The van der Waals surface area contributed by atoms with Crippen molar-refractivity contribution in [2.75, 3.05) is 0 Å². The molecule has 0 radical (unpaired) electrons. The predicted molar refractivity (Wildman–Crippen MR) is 67.9 cm³/mol. The van der Waals surface area contributed by atoms with Crippen LogP contribution in [0.1, 0.15) is 58.3 Å². The summed E-state index contributed by atoms with van der Waals surface area (Å²) in [6.07, 6.45) is -0.374. The van der Waals surface area contributed by atoms with Gasteiger partial charge in [0.25, 0.3) is 0 Å². The van der Waals surface area contributed by atoms with Crippen molar-refractivity contribution in [1.29, 1.82) is 0 Å². The van der Waals surface area contributed by atoms with Crippen LogP contribution in [0.25, 0.3) is 0 Å². The van der Waals surface area contributed by atoms with E-state index in [0.29, 0.717) is 5.92 Å². The highest BCUT2D eigenvalue weighted by Crippen LogP contribution is 2.31. The molecule has 2 atom stereocenters. The highest BCUT2D eigenvalue weighted by molar-refractivity contribution is 7.05. The van der Waals surface area contributed by atoms with E-state index in [2.05, 4.69) is 44.0 Å². The third-order valence-electron chi connectivity index (χ3n) is 2.64. The van der Waals surface area contributed by atoms with Crippen LogP contribution in [-0.4, -0.2) is 20.6 Å². The van der Waals surface area contributed by atoms with Crippen LogP contribution < -0.4 is 0 Å². The van der Waals surface area contributed by atoms with Gasteiger partial charge in [-0.05, 0) is 24.4 Å². The average molecular weight is 242 g/mol. The highest BCUT2D eigenvalue weighted by Gasteiger charge is 2.27. The lowest BCUT2D eigenvalue weighted by Gasteiger charge is -2.21. The van der Waals surface area contributed by atoms with Gasteiger partial charge in [-0.1, -0.05) is 34.6 Å². The Morgan fingerprint density at radius 2 is 1.75 bits per heavy atom. The van der Waals surface area contributed by atoms with Crippen molar-refractivity contribution in [2.45, 2.75) is 59.0 Å². The van der Waals surface area contributed by atoms with Crippen LogP contribution in [0.4, 0.5) is 0 Å². The van der Waals surface area contributed by atoms with Crippen molar-refractivity contribution in [2.24, 2.45) is 5.92 Å². The van der Waals surface area contributed by atoms with Gasteiger partial charge in [0.15, 0.2) is 0 Å². The molecule has 1 heterocycles. The Morgan fingerprint density at radius 3 is 2.06 bits per heavy atom.